The van der Waals surface area contributed by atoms with Crippen LogP contribution in [0.4, 0.5) is 17.6 Å². The smallest absolute Gasteiger partial charge is 0.351 e. The van der Waals surface area contributed by atoms with E-state index in [-0.39, 0.29) is 16.3 Å². The van der Waals surface area contributed by atoms with Gasteiger partial charge >= 0.3 is 6.18 Å². The summed E-state index contributed by atoms with van der Waals surface area (Å²) in [7, 11) is 0. The molecule has 1 N–H and O–H groups in total. The summed E-state index contributed by atoms with van der Waals surface area (Å²) in [6, 6.07) is 7.70. The summed E-state index contributed by atoms with van der Waals surface area (Å²) in [6.45, 7) is -0.919. The minimum absolute atomic E-state index is 0.0161. The summed E-state index contributed by atoms with van der Waals surface area (Å²) in [4.78, 5) is 14.0. The number of thiophene rings is 2. The highest BCUT2D eigenvalue weighted by molar-refractivity contribution is 7.17. The Morgan fingerprint density at radius 3 is 2.69 bits per heavy atom. The van der Waals surface area contributed by atoms with Crippen molar-refractivity contribution in [2.75, 3.05) is 6.54 Å². The molecule has 0 saturated carbocycles. The van der Waals surface area contributed by atoms with Crippen molar-refractivity contribution in [3.05, 3.63) is 51.2 Å². The average Bonchev–Trinajstić information content (AvgIpc) is 3.32. The second-order valence-corrected chi connectivity index (χ2v) is 7.40. The van der Waals surface area contributed by atoms with Crippen LogP contribution < -0.4 is 5.32 Å². The molecular formula is C16H13F4N3OS2. The molecule has 4 nitrogen and oxygen atoms in total. The third kappa shape index (κ3) is 4.13. The summed E-state index contributed by atoms with van der Waals surface area (Å²) in [5, 5.41) is 8.36. The first-order valence-electron chi connectivity index (χ1n) is 7.50. The Bertz CT molecular complexity index is 884. The minimum atomic E-state index is -4.70. The van der Waals surface area contributed by atoms with Crippen LogP contribution in [0.25, 0.3) is 10.6 Å². The van der Waals surface area contributed by atoms with Gasteiger partial charge in [-0.05, 0) is 36.1 Å². The van der Waals surface area contributed by atoms with Crippen molar-refractivity contribution in [3.63, 3.8) is 0 Å². The van der Waals surface area contributed by atoms with Crippen molar-refractivity contribution in [1.29, 1.82) is 0 Å². The van der Waals surface area contributed by atoms with Crippen molar-refractivity contribution < 1.29 is 22.4 Å². The van der Waals surface area contributed by atoms with E-state index in [1.54, 1.807) is 11.3 Å². The van der Waals surface area contributed by atoms with Gasteiger partial charge in [0.05, 0.1) is 9.75 Å². The van der Waals surface area contributed by atoms with Crippen LogP contribution in [0.2, 0.25) is 0 Å². The topological polar surface area (TPSA) is 46.9 Å². The second-order valence-electron chi connectivity index (χ2n) is 5.28. The third-order valence-electron chi connectivity index (χ3n) is 3.50. The van der Waals surface area contributed by atoms with Gasteiger partial charge in [-0.1, -0.05) is 6.07 Å². The Labute approximate surface area is 154 Å². The summed E-state index contributed by atoms with van der Waals surface area (Å²) >= 11 is 2.61. The number of nitrogens with one attached hydrogen (secondary N) is 1. The predicted octanol–water partition coefficient (Wildman–Crippen LogP) is 4.59. The molecule has 0 aromatic carbocycles. The SMILES string of the molecule is O=C(NCCc1cccs1)c1ccc(-c2cc(C(F)(F)F)n(CF)n2)s1. The van der Waals surface area contributed by atoms with Crippen molar-refractivity contribution >= 4 is 28.6 Å². The third-order valence-corrected chi connectivity index (χ3v) is 5.55. The van der Waals surface area contributed by atoms with Gasteiger partial charge in [-0.25, -0.2) is 9.07 Å². The van der Waals surface area contributed by atoms with Crippen LogP contribution in [0.3, 0.4) is 0 Å². The van der Waals surface area contributed by atoms with Crippen molar-refractivity contribution in [2.24, 2.45) is 0 Å². The molecule has 0 aliphatic rings. The molecule has 1 amide bonds. The van der Waals surface area contributed by atoms with Gasteiger partial charge in [0.1, 0.15) is 11.4 Å². The number of alkyl halides is 4. The van der Waals surface area contributed by atoms with Gasteiger partial charge in [0.2, 0.25) is 0 Å². The van der Waals surface area contributed by atoms with Crippen LogP contribution in [0.5, 0.6) is 0 Å². The van der Waals surface area contributed by atoms with Crippen LogP contribution >= 0.6 is 22.7 Å². The molecule has 0 bridgehead atoms. The maximum absolute atomic E-state index is 12.9. The van der Waals surface area contributed by atoms with E-state index in [0.29, 0.717) is 22.7 Å². The quantitative estimate of drug-likeness (QED) is 0.612. The summed E-state index contributed by atoms with van der Waals surface area (Å²) in [6.07, 6.45) is -3.99. The predicted molar refractivity (Wildman–Crippen MR) is 92.0 cm³/mol. The fourth-order valence-corrected chi connectivity index (χ4v) is 3.88. The first kappa shape index (κ1) is 18.6. The molecule has 0 atom stereocenters. The monoisotopic (exact) mass is 403 g/mol. The number of nitrogens with zero attached hydrogens (tertiary/aromatic N) is 2. The highest BCUT2D eigenvalue weighted by Crippen LogP contribution is 2.34. The Morgan fingerprint density at radius 1 is 1.27 bits per heavy atom. The zero-order valence-corrected chi connectivity index (χ0v) is 14.8. The number of hydrogen-bond acceptors (Lipinski definition) is 4. The van der Waals surface area contributed by atoms with E-state index in [9.17, 15) is 22.4 Å². The molecule has 3 aromatic rings. The summed E-state index contributed by atoms with van der Waals surface area (Å²) < 4.78 is 51.6. The van der Waals surface area contributed by atoms with E-state index >= 15 is 0 Å². The standard InChI is InChI=1S/C16H13F4N3OS2/c17-9-23-14(16(18,19)20)8-11(22-23)12-3-4-13(26-12)15(24)21-6-5-10-2-1-7-25-10/h1-4,7-8H,5-6,9H2,(H,21,24). The zero-order valence-electron chi connectivity index (χ0n) is 13.2. The van der Waals surface area contributed by atoms with Crippen molar-refractivity contribution in [3.8, 4) is 10.6 Å². The largest absolute Gasteiger partial charge is 0.433 e. The fourth-order valence-electron chi connectivity index (χ4n) is 2.30. The van der Waals surface area contributed by atoms with Gasteiger partial charge in [-0.3, -0.25) is 4.79 Å². The maximum atomic E-state index is 12.9. The van der Waals surface area contributed by atoms with Crippen LogP contribution in [-0.4, -0.2) is 22.2 Å². The van der Waals surface area contributed by atoms with Gasteiger partial charge in [0.15, 0.2) is 6.80 Å². The van der Waals surface area contributed by atoms with Crippen LogP contribution in [0.15, 0.2) is 35.7 Å². The molecule has 0 radical (unpaired) electrons. The Hall–Kier alpha value is -2.20. The lowest BCUT2D eigenvalue weighted by molar-refractivity contribution is -0.145. The van der Waals surface area contributed by atoms with Crippen molar-refractivity contribution in [1.82, 2.24) is 15.1 Å². The first-order valence-corrected chi connectivity index (χ1v) is 9.20. The lowest BCUT2D eigenvalue weighted by Crippen LogP contribution is -2.24. The Morgan fingerprint density at radius 2 is 2.08 bits per heavy atom. The average molecular weight is 403 g/mol. The van der Waals surface area contributed by atoms with Crippen LogP contribution in [-0.2, 0) is 19.4 Å². The molecule has 138 valence electrons. The molecule has 10 heteroatoms. The molecule has 3 rings (SSSR count). The fraction of sp³-hybridized carbons (Fsp3) is 0.250. The summed E-state index contributed by atoms with van der Waals surface area (Å²) in [5.41, 5.74) is -1.18. The van der Waals surface area contributed by atoms with Gasteiger partial charge < -0.3 is 5.32 Å². The van der Waals surface area contributed by atoms with E-state index in [4.69, 9.17) is 0 Å². The van der Waals surface area contributed by atoms with E-state index in [1.165, 1.54) is 12.1 Å². The van der Waals surface area contributed by atoms with E-state index in [2.05, 4.69) is 10.4 Å². The number of halogens is 4. The minimum Gasteiger partial charge on any atom is -0.351 e. The first-order chi connectivity index (χ1) is 12.4. The normalized spacial score (nSPS) is 11.7. The van der Waals surface area contributed by atoms with E-state index < -0.39 is 18.7 Å². The maximum Gasteiger partial charge on any atom is 0.433 e. The molecule has 0 aliphatic heterocycles. The number of hydrogen-bond donors (Lipinski definition) is 1. The number of amides is 1. The highest BCUT2D eigenvalue weighted by Gasteiger charge is 2.36. The number of aromatic nitrogens is 2. The lowest BCUT2D eigenvalue weighted by atomic mass is 10.3. The highest BCUT2D eigenvalue weighted by atomic mass is 32.1. The van der Waals surface area contributed by atoms with Gasteiger partial charge in [-0.2, -0.15) is 18.3 Å². The summed E-state index contributed by atoms with van der Waals surface area (Å²) in [5.74, 6) is -0.307. The Kier molecular flexibility index (Phi) is 5.42. The number of carbonyl (C=O) groups is 1. The molecule has 0 saturated heterocycles. The Balaban J connectivity index is 1.69. The molecule has 26 heavy (non-hydrogen) atoms. The van der Waals surface area contributed by atoms with Crippen LogP contribution in [0, 0.1) is 0 Å². The second kappa shape index (κ2) is 7.58. The van der Waals surface area contributed by atoms with E-state index in [0.717, 1.165) is 22.3 Å². The zero-order chi connectivity index (χ0) is 18.7. The van der Waals surface area contributed by atoms with Gasteiger partial charge in [0.25, 0.3) is 5.91 Å². The number of rotatable bonds is 6. The molecule has 0 fully saturated rings. The molecule has 3 heterocycles. The van der Waals surface area contributed by atoms with Crippen LogP contribution in [0.1, 0.15) is 20.2 Å². The van der Waals surface area contributed by atoms with E-state index in [1.807, 2.05) is 17.5 Å². The van der Waals surface area contributed by atoms with Gasteiger partial charge in [-0.15, -0.1) is 22.7 Å². The molecule has 0 unspecified atom stereocenters. The molecule has 0 aliphatic carbocycles. The molecule has 0 spiro atoms. The lowest BCUT2D eigenvalue weighted by Gasteiger charge is -2.05. The number of carbonyl (C=O) groups excluding carboxylic acids is 1. The van der Waals surface area contributed by atoms with Gasteiger partial charge in [0, 0.05) is 11.4 Å². The molecular weight excluding hydrogens is 390 g/mol. The molecule has 3 aromatic heterocycles. The van der Waals surface area contributed by atoms with Crippen molar-refractivity contribution in [2.45, 2.75) is 19.4 Å².